The van der Waals surface area contributed by atoms with Crippen LogP contribution in [0.25, 0.3) is 0 Å². The van der Waals surface area contributed by atoms with E-state index in [1.807, 2.05) is 0 Å². The zero-order chi connectivity index (χ0) is 18.9. The molecule has 1 aliphatic rings. The topological polar surface area (TPSA) is 72.9 Å². The van der Waals surface area contributed by atoms with Crippen LogP contribution in [0.2, 0.25) is 25.7 Å². The first kappa shape index (κ1) is 21.2. The number of cyclic esters (lactones) is 1. The van der Waals surface area contributed by atoms with Crippen molar-refractivity contribution in [3.63, 3.8) is 0 Å². The molecule has 0 bridgehead atoms. The Morgan fingerprint density at radius 2 is 1.88 bits per heavy atom. The highest BCUT2D eigenvalue weighted by molar-refractivity contribution is 6.76. The van der Waals surface area contributed by atoms with Crippen molar-refractivity contribution >= 4 is 26.0 Å². The summed E-state index contributed by atoms with van der Waals surface area (Å²) in [5.41, 5.74) is -0.101. The minimum absolute atomic E-state index is 0.101. The molecule has 0 aliphatic carbocycles. The zero-order valence-electron chi connectivity index (χ0n) is 15.7. The monoisotopic (exact) mass is 367 g/mol. The van der Waals surface area contributed by atoms with E-state index in [1.54, 1.807) is 6.08 Å². The highest BCUT2D eigenvalue weighted by Gasteiger charge is 2.33. The largest absolute Gasteiger partial charge is 0.465 e. The third-order valence-corrected chi connectivity index (χ3v) is 5.17. The molecule has 2 amide bonds. The van der Waals surface area contributed by atoms with Crippen molar-refractivity contribution in [1.82, 2.24) is 4.90 Å². The second-order valence-corrected chi connectivity index (χ2v) is 12.7. The van der Waals surface area contributed by atoms with Crippen molar-refractivity contribution < 1.29 is 23.9 Å². The lowest BCUT2D eigenvalue weighted by molar-refractivity contribution is -0.139. The number of carbonyl (C=O) groups is 3. The molecule has 7 heteroatoms. The number of hydrogen-bond acceptors (Lipinski definition) is 5. The fraction of sp³-hybridized carbons (Fsp3) is 0.611. The van der Waals surface area contributed by atoms with Crippen LogP contribution in [-0.4, -0.2) is 51.2 Å². The Labute approximate surface area is 150 Å². The number of ether oxygens (including phenoxy) is 2. The molecule has 0 radical (unpaired) electrons. The number of esters is 1. The Morgan fingerprint density at radius 3 is 2.44 bits per heavy atom. The zero-order valence-corrected chi connectivity index (χ0v) is 16.7. The molecule has 0 N–H and O–H groups in total. The van der Waals surface area contributed by atoms with E-state index < -0.39 is 26.0 Å². The highest BCUT2D eigenvalue weighted by Crippen LogP contribution is 2.14. The lowest BCUT2D eigenvalue weighted by Gasteiger charge is -2.12. The van der Waals surface area contributed by atoms with Crippen LogP contribution in [0.4, 0.5) is 4.79 Å². The minimum Gasteiger partial charge on any atom is -0.465 e. The molecule has 140 valence electrons. The third-order valence-electron chi connectivity index (χ3n) is 3.71. The van der Waals surface area contributed by atoms with E-state index >= 15 is 0 Å². The summed E-state index contributed by atoms with van der Waals surface area (Å²) in [5, 5.41) is 0. The molecular weight excluding hydrogens is 338 g/mol. The fourth-order valence-corrected chi connectivity index (χ4v) is 3.17. The fourth-order valence-electron chi connectivity index (χ4n) is 2.30. The van der Waals surface area contributed by atoms with Crippen LogP contribution >= 0.6 is 0 Å². The van der Waals surface area contributed by atoms with Crippen molar-refractivity contribution in [3.8, 4) is 0 Å². The lowest BCUT2D eigenvalue weighted by atomic mass is 10.1. The molecule has 0 spiro atoms. The van der Waals surface area contributed by atoms with Crippen molar-refractivity contribution in [2.24, 2.45) is 0 Å². The van der Waals surface area contributed by atoms with Crippen LogP contribution in [0.3, 0.4) is 0 Å². The highest BCUT2D eigenvalue weighted by atomic mass is 28.3. The average Bonchev–Trinajstić information content (AvgIpc) is 2.97. The van der Waals surface area contributed by atoms with Gasteiger partial charge in [0.05, 0.1) is 13.7 Å². The van der Waals surface area contributed by atoms with Gasteiger partial charge < -0.3 is 9.47 Å². The number of allylic oxidation sites excluding steroid dienone is 3. The van der Waals surface area contributed by atoms with Crippen LogP contribution in [0.1, 0.15) is 25.7 Å². The Balaban J connectivity index is 2.47. The Bertz CT molecular complexity index is 548. The molecular formula is C18H29NO5Si. The summed E-state index contributed by atoms with van der Waals surface area (Å²) >= 11 is 0. The van der Waals surface area contributed by atoms with Gasteiger partial charge in [0.15, 0.2) is 0 Å². The summed E-state index contributed by atoms with van der Waals surface area (Å²) in [6, 6.07) is 1.18. The summed E-state index contributed by atoms with van der Waals surface area (Å²) < 4.78 is 9.39. The predicted molar refractivity (Wildman–Crippen MR) is 98.9 cm³/mol. The van der Waals surface area contributed by atoms with E-state index in [4.69, 9.17) is 4.74 Å². The number of rotatable bonds is 9. The minimum atomic E-state index is -1.02. The van der Waals surface area contributed by atoms with Gasteiger partial charge in [-0.2, -0.15) is 0 Å². The molecule has 0 atom stereocenters. The van der Waals surface area contributed by atoms with Crippen molar-refractivity contribution in [2.45, 2.75) is 51.4 Å². The molecule has 1 fully saturated rings. The maximum Gasteiger partial charge on any atom is 0.416 e. The van der Waals surface area contributed by atoms with E-state index in [1.165, 1.54) is 13.2 Å². The molecule has 25 heavy (non-hydrogen) atoms. The average molecular weight is 368 g/mol. The Hall–Kier alpha value is -1.89. The lowest BCUT2D eigenvalue weighted by Crippen LogP contribution is -2.35. The van der Waals surface area contributed by atoms with Crippen LogP contribution in [-0.2, 0) is 19.1 Å². The van der Waals surface area contributed by atoms with Gasteiger partial charge in [-0.05, 0) is 31.7 Å². The maximum atomic E-state index is 12.3. The molecule has 1 rings (SSSR count). The molecule has 1 aliphatic heterocycles. The Morgan fingerprint density at radius 1 is 1.20 bits per heavy atom. The number of unbranched alkanes of at least 4 members (excludes halogenated alkanes) is 3. The Kier molecular flexibility index (Phi) is 8.61. The van der Waals surface area contributed by atoms with Crippen LogP contribution < -0.4 is 0 Å². The van der Waals surface area contributed by atoms with Crippen molar-refractivity contribution in [1.29, 1.82) is 0 Å². The maximum absolute atomic E-state index is 12.3. The van der Waals surface area contributed by atoms with E-state index in [0.29, 0.717) is 6.42 Å². The predicted octanol–water partition coefficient (Wildman–Crippen LogP) is 3.52. The van der Waals surface area contributed by atoms with Gasteiger partial charge in [0.25, 0.3) is 5.91 Å². The molecule has 6 nitrogen and oxygen atoms in total. The van der Waals surface area contributed by atoms with Gasteiger partial charge >= 0.3 is 12.1 Å². The molecule has 0 saturated carbocycles. The summed E-state index contributed by atoms with van der Waals surface area (Å²) in [6.07, 6.45) is 8.71. The molecule has 0 aromatic heterocycles. The number of hydrogen-bond donors (Lipinski definition) is 0. The quantitative estimate of drug-likeness (QED) is 0.119. The number of nitrogens with zero attached hydrogens (tertiary/aromatic N) is 1. The van der Waals surface area contributed by atoms with Gasteiger partial charge in [-0.25, -0.2) is 14.5 Å². The second kappa shape index (κ2) is 10.2. The summed E-state index contributed by atoms with van der Waals surface area (Å²) in [7, 11) is 0.194. The number of imide groups is 1. The standard InChI is InChI=1S/C18H29NO5Si/c1-23-17(21)15(16(20)19-12-13-24-18(19)22)11-9-7-5-6-8-10-14-25(2,3)4/h8,10-11H,5-7,9,12-14H2,1-4H3/b10-8+,15-11+. The smallest absolute Gasteiger partial charge is 0.416 e. The first-order valence-corrected chi connectivity index (χ1v) is 12.4. The SMILES string of the molecule is COC(=O)/C(=C/CCCC/C=C/C[Si](C)(C)C)C(=O)N1CCOC1=O. The van der Waals surface area contributed by atoms with Gasteiger partial charge in [0, 0.05) is 8.07 Å². The first-order chi connectivity index (χ1) is 11.8. The normalized spacial score (nSPS) is 15.6. The van der Waals surface area contributed by atoms with Gasteiger partial charge in [0.1, 0.15) is 12.2 Å². The van der Waals surface area contributed by atoms with E-state index in [-0.39, 0.29) is 18.7 Å². The van der Waals surface area contributed by atoms with Crippen molar-refractivity contribution in [2.75, 3.05) is 20.3 Å². The van der Waals surface area contributed by atoms with Crippen LogP contribution in [0, 0.1) is 0 Å². The summed E-state index contributed by atoms with van der Waals surface area (Å²) in [6.45, 7) is 7.33. The molecule has 0 aromatic carbocycles. The van der Waals surface area contributed by atoms with Crippen LogP contribution in [0.5, 0.6) is 0 Å². The number of amides is 2. The molecule has 1 heterocycles. The summed E-state index contributed by atoms with van der Waals surface area (Å²) in [4.78, 5) is 36.5. The van der Waals surface area contributed by atoms with Crippen molar-refractivity contribution in [3.05, 3.63) is 23.8 Å². The first-order valence-electron chi connectivity index (χ1n) is 8.68. The van der Waals surface area contributed by atoms with E-state index in [2.05, 4.69) is 36.5 Å². The molecule has 0 aromatic rings. The van der Waals surface area contributed by atoms with Gasteiger partial charge in [-0.3, -0.25) is 4.79 Å². The van der Waals surface area contributed by atoms with Gasteiger partial charge in [0.2, 0.25) is 0 Å². The van der Waals surface area contributed by atoms with E-state index in [9.17, 15) is 14.4 Å². The van der Waals surface area contributed by atoms with Gasteiger partial charge in [-0.15, -0.1) is 0 Å². The number of methoxy groups -OCH3 is 1. The second-order valence-electron chi connectivity index (χ2n) is 7.20. The van der Waals surface area contributed by atoms with Gasteiger partial charge in [-0.1, -0.05) is 37.9 Å². The summed E-state index contributed by atoms with van der Waals surface area (Å²) in [5.74, 6) is -1.37. The number of carbonyl (C=O) groups excluding carboxylic acids is 3. The van der Waals surface area contributed by atoms with Crippen LogP contribution in [0.15, 0.2) is 23.8 Å². The molecule has 0 unspecified atom stereocenters. The molecule has 1 saturated heterocycles. The van der Waals surface area contributed by atoms with E-state index in [0.717, 1.165) is 24.2 Å². The third kappa shape index (κ3) is 7.68.